The van der Waals surface area contributed by atoms with E-state index in [-0.39, 0.29) is 12.5 Å². The smallest absolute Gasteiger partial charge is 0.485 e. The van der Waals surface area contributed by atoms with Crippen LogP contribution in [0, 0.1) is 0 Å². The summed E-state index contributed by atoms with van der Waals surface area (Å²) < 4.78 is 48.1. The number of halogens is 3. The van der Waals surface area contributed by atoms with E-state index in [0.29, 0.717) is 30.9 Å². The Bertz CT molecular complexity index is 981. The fraction of sp³-hybridized carbons (Fsp3) is 0.435. The highest BCUT2D eigenvalue weighted by atomic mass is 19.4. The fourth-order valence-electron chi connectivity index (χ4n) is 4.29. The van der Waals surface area contributed by atoms with Crippen LogP contribution in [0.5, 0.6) is 11.5 Å². The van der Waals surface area contributed by atoms with Crippen LogP contribution in [-0.2, 0) is 11.3 Å². The number of rotatable bonds is 4. The molecule has 2 aliphatic rings. The van der Waals surface area contributed by atoms with Crippen molar-refractivity contribution in [3.8, 4) is 11.5 Å². The summed E-state index contributed by atoms with van der Waals surface area (Å²) in [4.78, 5) is 16.6. The average Bonchev–Trinajstić information content (AvgIpc) is 2.70. The van der Waals surface area contributed by atoms with Gasteiger partial charge in [0.1, 0.15) is 23.2 Å². The molecule has 2 aromatic carbocycles. The van der Waals surface area contributed by atoms with E-state index in [9.17, 15) is 23.1 Å². The third kappa shape index (κ3) is 4.68. The molecule has 2 atom stereocenters. The van der Waals surface area contributed by atoms with Gasteiger partial charge in [0.25, 0.3) is 0 Å². The highest BCUT2D eigenvalue weighted by Gasteiger charge is 2.48. The van der Waals surface area contributed by atoms with E-state index >= 15 is 0 Å². The summed E-state index contributed by atoms with van der Waals surface area (Å²) in [5.74, 6) is -0.312. The van der Waals surface area contributed by atoms with Gasteiger partial charge in [-0.2, -0.15) is 0 Å². The molecule has 172 valence electrons. The summed E-state index contributed by atoms with van der Waals surface area (Å²) >= 11 is 0. The van der Waals surface area contributed by atoms with E-state index in [1.54, 1.807) is 13.8 Å². The van der Waals surface area contributed by atoms with Crippen molar-refractivity contribution in [2.24, 2.45) is 0 Å². The highest BCUT2D eigenvalue weighted by Crippen LogP contribution is 2.45. The number of nitrogens with zero attached hydrogens (tertiary/aromatic N) is 2. The van der Waals surface area contributed by atoms with Crippen molar-refractivity contribution in [2.45, 2.75) is 44.5 Å². The first-order valence-electron chi connectivity index (χ1n) is 10.4. The van der Waals surface area contributed by atoms with Gasteiger partial charge < -0.3 is 19.5 Å². The number of ether oxygens (including phenoxy) is 2. The van der Waals surface area contributed by atoms with Crippen molar-refractivity contribution in [3.05, 3.63) is 59.7 Å². The average molecular weight is 450 g/mol. The molecule has 0 saturated carbocycles. The number of fused-ring (bicyclic) bond motifs is 1. The Morgan fingerprint density at radius 3 is 2.53 bits per heavy atom. The normalized spacial score (nSPS) is 23.4. The maximum atomic E-state index is 13.1. The zero-order valence-corrected chi connectivity index (χ0v) is 17.8. The molecule has 1 fully saturated rings. The molecule has 0 aromatic heterocycles. The van der Waals surface area contributed by atoms with Gasteiger partial charge in [0, 0.05) is 25.2 Å². The van der Waals surface area contributed by atoms with E-state index < -0.39 is 29.9 Å². The Hall–Kier alpha value is -2.78. The van der Waals surface area contributed by atoms with Crippen molar-refractivity contribution in [3.63, 3.8) is 0 Å². The molecule has 2 heterocycles. The Balaban J connectivity index is 1.59. The Morgan fingerprint density at radius 1 is 1.16 bits per heavy atom. The molecule has 0 spiro atoms. The van der Waals surface area contributed by atoms with Crippen LogP contribution in [0.25, 0.3) is 0 Å². The minimum atomic E-state index is -4.85. The second-order valence-electron chi connectivity index (χ2n) is 8.63. The van der Waals surface area contributed by atoms with Gasteiger partial charge in [0.05, 0.1) is 12.6 Å². The van der Waals surface area contributed by atoms with Crippen LogP contribution >= 0.6 is 0 Å². The minimum absolute atomic E-state index is 0.146. The predicted octanol–water partition coefficient (Wildman–Crippen LogP) is 3.50. The standard InChI is InChI=1S/C23H25F3N2O4/c1-22(2)21(30)20(17-12-16(31-23(24,25)26)8-9-18(17)32-22)28-11-10-27(14-19(28)29)13-15-6-4-3-5-7-15/h3-9,12,20-21,30H,10-11,13-14H2,1-2H3. The number of hydrogen-bond acceptors (Lipinski definition) is 5. The molecular formula is C23H25F3N2O4. The van der Waals surface area contributed by atoms with Gasteiger partial charge in [0.15, 0.2) is 0 Å². The number of alkyl halides is 3. The van der Waals surface area contributed by atoms with Crippen LogP contribution in [0.2, 0.25) is 0 Å². The lowest BCUT2D eigenvalue weighted by Gasteiger charge is -2.48. The van der Waals surface area contributed by atoms with E-state index in [1.165, 1.54) is 17.0 Å². The molecule has 0 radical (unpaired) electrons. The molecule has 9 heteroatoms. The quantitative estimate of drug-likeness (QED) is 0.773. The maximum Gasteiger partial charge on any atom is 0.573 e. The number of carbonyl (C=O) groups is 1. The first kappa shape index (κ1) is 22.4. The van der Waals surface area contributed by atoms with Crippen LogP contribution in [-0.4, -0.2) is 58.5 Å². The molecule has 0 bridgehead atoms. The second-order valence-corrected chi connectivity index (χ2v) is 8.63. The number of benzene rings is 2. The number of aliphatic hydroxyl groups excluding tert-OH is 1. The zero-order chi connectivity index (χ0) is 23.1. The molecule has 1 amide bonds. The largest absolute Gasteiger partial charge is 0.573 e. The minimum Gasteiger partial charge on any atom is -0.485 e. The van der Waals surface area contributed by atoms with Gasteiger partial charge >= 0.3 is 6.36 Å². The van der Waals surface area contributed by atoms with Gasteiger partial charge in [-0.05, 0) is 37.6 Å². The maximum absolute atomic E-state index is 13.1. The lowest BCUT2D eigenvalue weighted by molar-refractivity contribution is -0.274. The summed E-state index contributed by atoms with van der Waals surface area (Å²) in [7, 11) is 0. The van der Waals surface area contributed by atoms with E-state index in [4.69, 9.17) is 4.74 Å². The van der Waals surface area contributed by atoms with E-state index in [2.05, 4.69) is 4.74 Å². The molecule has 6 nitrogen and oxygen atoms in total. The monoisotopic (exact) mass is 450 g/mol. The second kappa shape index (κ2) is 8.29. The number of hydrogen-bond donors (Lipinski definition) is 1. The molecule has 4 rings (SSSR count). The van der Waals surface area contributed by atoms with Crippen LogP contribution in [0.15, 0.2) is 48.5 Å². The SMILES string of the molecule is CC1(C)Oc2ccc(OC(F)(F)F)cc2C(N2CCN(Cc3ccccc3)CC2=O)C1O. The lowest BCUT2D eigenvalue weighted by Crippen LogP contribution is -2.59. The molecule has 2 aromatic rings. The molecule has 1 saturated heterocycles. The Kier molecular flexibility index (Phi) is 5.81. The van der Waals surface area contributed by atoms with E-state index in [0.717, 1.165) is 11.6 Å². The van der Waals surface area contributed by atoms with Crippen LogP contribution in [0.1, 0.15) is 31.0 Å². The number of amides is 1. The fourth-order valence-corrected chi connectivity index (χ4v) is 4.29. The first-order chi connectivity index (χ1) is 15.0. The van der Waals surface area contributed by atoms with Gasteiger partial charge in [-0.15, -0.1) is 13.2 Å². The number of piperazine rings is 1. The molecule has 0 aliphatic carbocycles. The topological polar surface area (TPSA) is 62.2 Å². The third-order valence-electron chi connectivity index (χ3n) is 5.84. The molecule has 2 aliphatic heterocycles. The summed E-state index contributed by atoms with van der Waals surface area (Å²) in [6, 6.07) is 12.7. The van der Waals surface area contributed by atoms with Crippen LogP contribution in [0.4, 0.5) is 13.2 Å². The number of aliphatic hydroxyl groups is 1. The van der Waals surface area contributed by atoms with Crippen molar-refractivity contribution >= 4 is 5.91 Å². The molecule has 32 heavy (non-hydrogen) atoms. The molecule has 1 N–H and O–H groups in total. The molecule has 2 unspecified atom stereocenters. The summed E-state index contributed by atoms with van der Waals surface area (Å²) in [5.41, 5.74) is 0.342. The van der Waals surface area contributed by atoms with Gasteiger partial charge in [-0.1, -0.05) is 30.3 Å². The molecular weight excluding hydrogens is 425 g/mol. The third-order valence-corrected chi connectivity index (χ3v) is 5.84. The van der Waals surface area contributed by atoms with Gasteiger partial charge in [-0.25, -0.2) is 0 Å². The highest BCUT2D eigenvalue weighted by molar-refractivity contribution is 5.80. The van der Waals surface area contributed by atoms with E-state index in [1.807, 2.05) is 35.2 Å². The van der Waals surface area contributed by atoms with Gasteiger partial charge in [-0.3, -0.25) is 9.69 Å². The lowest BCUT2D eigenvalue weighted by atomic mass is 9.85. The zero-order valence-electron chi connectivity index (χ0n) is 17.8. The van der Waals surface area contributed by atoms with Gasteiger partial charge in [0.2, 0.25) is 5.91 Å². The first-order valence-corrected chi connectivity index (χ1v) is 10.4. The summed E-state index contributed by atoms with van der Waals surface area (Å²) in [6.07, 6.45) is -5.99. The van der Waals surface area contributed by atoms with Crippen LogP contribution in [0.3, 0.4) is 0 Å². The Morgan fingerprint density at radius 2 is 1.88 bits per heavy atom. The summed E-state index contributed by atoms with van der Waals surface area (Å²) in [6.45, 7) is 5.02. The predicted molar refractivity (Wildman–Crippen MR) is 110 cm³/mol. The summed E-state index contributed by atoms with van der Waals surface area (Å²) in [5, 5.41) is 11.0. The van der Waals surface area contributed by atoms with Crippen LogP contribution < -0.4 is 9.47 Å². The van der Waals surface area contributed by atoms with Crippen molar-refractivity contribution in [2.75, 3.05) is 19.6 Å². The van der Waals surface area contributed by atoms with Crippen molar-refractivity contribution in [1.82, 2.24) is 9.80 Å². The Labute approximate surface area is 184 Å². The van der Waals surface area contributed by atoms with Crippen molar-refractivity contribution in [1.29, 1.82) is 0 Å². The number of carbonyl (C=O) groups excluding carboxylic acids is 1. The van der Waals surface area contributed by atoms with Crippen molar-refractivity contribution < 1.29 is 32.5 Å².